The Morgan fingerprint density at radius 3 is 2.44 bits per heavy atom. The summed E-state index contributed by atoms with van der Waals surface area (Å²) in [5.74, 6) is 0. The standard InChI is InChI=1S/C14H15F3O/c15-14(16,17)12-9-5-4-8-11(12)13(18)10-6-2-1-3-7-10/h4-6,8-9,13,18H,1-3,7H2. The van der Waals surface area contributed by atoms with Crippen LogP contribution in [0.3, 0.4) is 0 Å². The van der Waals surface area contributed by atoms with Crippen molar-refractivity contribution in [3.8, 4) is 0 Å². The molecule has 0 heterocycles. The van der Waals surface area contributed by atoms with Crippen LogP contribution in [-0.2, 0) is 6.18 Å². The molecule has 1 aliphatic rings. The van der Waals surface area contributed by atoms with Crippen molar-refractivity contribution in [3.63, 3.8) is 0 Å². The van der Waals surface area contributed by atoms with Crippen molar-refractivity contribution in [1.82, 2.24) is 0 Å². The molecule has 1 N–H and O–H groups in total. The molecule has 4 heteroatoms. The van der Waals surface area contributed by atoms with Crippen LogP contribution >= 0.6 is 0 Å². The molecule has 0 saturated heterocycles. The van der Waals surface area contributed by atoms with E-state index >= 15 is 0 Å². The minimum absolute atomic E-state index is 0.0434. The largest absolute Gasteiger partial charge is 0.416 e. The van der Waals surface area contributed by atoms with E-state index in [-0.39, 0.29) is 5.56 Å². The highest BCUT2D eigenvalue weighted by atomic mass is 19.4. The Bertz CT molecular complexity index is 449. The van der Waals surface area contributed by atoms with Gasteiger partial charge in [0.05, 0.1) is 5.56 Å². The van der Waals surface area contributed by atoms with Gasteiger partial charge >= 0.3 is 6.18 Å². The van der Waals surface area contributed by atoms with E-state index in [2.05, 4.69) is 0 Å². The zero-order valence-electron chi connectivity index (χ0n) is 9.87. The van der Waals surface area contributed by atoms with Gasteiger partial charge in [-0.15, -0.1) is 0 Å². The Labute approximate surface area is 104 Å². The number of rotatable bonds is 2. The van der Waals surface area contributed by atoms with Crippen molar-refractivity contribution in [3.05, 3.63) is 47.0 Å². The number of benzene rings is 1. The predicted octanol–water partition coefficient (Wildman–Crippen LogP) is 4.24. The van der Waals surface area contributed by atoms with Gasteiger partial charge in [-0.05, 0) is 42.9 Å². The van der Waals surface area contributed by atoms with Crippen molar-refractivity contribution in [1.29, 1.82) is 0 Å². The molecule has 0 aliphatic heterocycles. The fourth-order valence-corrected chi connectivity index (χ4v) is 2.30. The lowest BCUT2D eigenvalue weighted by atomic mass is 9.89. The molecule has 0 saturated carbocycles. The summed E-state index contributed by atoms with van der Waals surface area (Å²) in [5, 5.41) is 10.1. The molecule has 1 atom stereocenters. The van der Waals surface area contributed by atoms with Crippen LogP contribution in [0.1, 0.15) is 42.9 Å². The van der Waals surface area contributed by atoms with Gasteiger partial charge < -0.3 is 5.11 Å². The third-order valence-corrected chi connectivity index (χ3v) is 3.24. The average Bonchev–Trinajstić information content (AvgIpc) is 2.38. The van der Waals surface area contributed by atoms with Gasteiger partial charge in [0.1, 0.15) is 6.10 Å². The molecule has 0 fully saturated rings. The average molecular weight is 256 g/mol. The third kappa shape index (κ3) is 2.75. The summed E-state index contributed by atoms with van der Waals surface area (Å²) in [4.78, 5) is 0. The Balaban J connectivity index is 2.35. The number of aliphatic hydroxyl groups is 1. The maximum absolute atomic E-state index is 12.8. The second-order valence-corrected chi connectivity index (χ2v) is 4.51. The van der Waals surface area contributed by atoms with Crippen LogP contribution in [0.4, 0.5) is 13.2 Å². The number of allylic oxidation sites excluding steroid dienone is 1. The van der Waals surface area contributed by atoms with Gasteiger partial charge in [0, 0.05) is 0 Å². The Morgan fingerprint density at radius 1 is 1.11 bits per heavy atom. The molecule has 0 amide bonds. The third-order valence-electron chi connectivity index (χ3n) is 3.24. The Hall–Kier alpha value is -1.29. The maximum atomic E-state index is 12.8. The number of alkyl halides is 3. The van der Waals surface area contributed by atoms with Crippen molar-refractivity contribution in [2.24, 2.45) is 0 Å². The molecule has 0 radical (unpaired) electrons. The van der Waals surface area contributed by atoms with E-state index in [9.17, 15) is 18.3 Å². The first-order chi connectivity index (χ1) is 8.50. The van der Waals surface area contributed by atoms with Crippen LogP contribution in [0.15, 0.2) is 35.9 Å². The Kier molecular flexibility index (Phi) is 3.76. The first kappa shape index (κ1) is 13.1. The molecule has 1 aliphatic carbocycles. The lowest BCUT2D eigenvalue weighted by Crippen LogP contribution is -2.14. The highest BCUT2D eigenvalue weighted by molar-refractivity contribution is 5.36. The minimum Gasteiger partial charge on any atom is -0.384 e. The molecule has 1 unspecified atom stereocenters. The van der Waals surface area contributed by atoms with Crippen LogP contribution in [0.5, 0.6) is 0 Å². The predicted molar refractivity (Wildman–Crippen MR) is 63.0 cm³/mol. The summed E-state index contributed by atoms with van der Waals surface area (Å²) < 4.78 is 38.5. The fourth-order valence-electron chi connectivity index (χ4n) is 2.30. The second kappa shape index (κ2) is 5.14. The van der Waals surface area contributed by atoms with Crippen LogP contribution in [0.2, 0.25) is 0 Å². The monoisotopic (exact) mass is 256 g/mol. The maximum Gasteiger partial charge on any atom is 0.416 e. The smallest absolute Gasteiger partial charge is 0.384 e. The number of aliphatic hydroxyl groups excluding tert-OH is 1. The number of hydrogen-bond donors (Lipinski definition) is 1. The van der Waals surface area contributed by atoms with E-state index in [0.29, 0.717) is 12.0 Å². The summed E-state index contributed by atoms with van der Waals surface area (Å²) in [5.41, 5.74) is -0.0833. The van der Waals surface area contributed by atoms with Gasteiger partial charge in [-0.2, -0.15) is 13.2 Å². The fraction of sp³-hybridized carbons (Fsp3) is 0.429. The van der Waals surface area contributed by atoms with Gasteiger partial charge in [0.2, 0.25) is 0 Å². The second-order valence-electron chi connectivity index (χ2n) is 4.51. The topological polar surface area (TPSA) is 20.2 Å². The highest BCUT2D eigenvalue weighted by Crippen LogP contribution is 2.38. The summed E-state index contributed by atoms with van der Waals surface area (Å²) in [7, 11) is 0. The van der Waals surface area contributed by atoms with E-state index in [0.717, 1.165) is 25.3 Å². The molecule has 2 rings (SSSR count). The molecule has 1 nitrogen and oxygen atoms in total. The summed E-state index contributed by atoms with van der Waals surface area (Å²) in [6.07, 6.45) is -0.223. The zero-order valence-corrected chi connectivity index (χ0v) is 9.87. The van der Waals surface area contributed by atoms with E-state index in [1.54, 1.807) is 0 Å². The van der Waals surface area contributed by atoms with Gasteiger partial charge in [-0.25, -0.2) is 0 Å². The Morgan fingerprint density at radius 2 is 1.83 bits per heavy atom. The summed E-state index contributed by atoms with van der Waals surface area (Å²) in [6.45, 7) is 0. The first-order valence-corrected chi connectivity index (χ1v) is 6.03. The van der Waals surface area contributed by atoms with E-state index in [1.165, 1.54) is 18.2 Å². The molecule has 98 valence electrons. The van der Waals surface area contributed by atoms with Crippen molar-refractivity contribution < 1.29 is 18.3 Å². The normalized spacial score (nSPS) is 18.3. The van der Waals surface area contributed by atoms with Crippen LogP contribution in [0, 0.1) is 0 Å². The van der Waals surface area contributed by atoms with Crippen LogP contribution in [0.25, 0.3) is 0 Å². The molecule has 0 bridgehead atoms. The zero-order chi connectivity index (χ0) is 13.2. The highest BCUT2D eigenvalue weighted by Gasteiger charge is 2.35. The van der Waals surface area contributed by atoms with E-state index < -0.39 is 17.8 Å². The molecular weight excluding hydrogens is 241 g/mol. The van der Waals surface area contributed by atoms with E-state index in [1.807, 2.05) is 6.08 Å². The van der Waals surface area contributed by atoms with Gasteiger partial charge in [0.15, 0.2) is 0 Å². The molecule has 0 aromatic heterocycles. The lowest BCUT2D eigenvalue weighted by Gasteiger charge is -2.22. The van der Waals surface area contributed by atoms with Crippen molar-refractivity contribution in [2.45, 2.75) is 38.0 Å². The molecule has 1 aromatic rings. The molecule has 18 heavy (non-hydrogen) atoms. The van der Waals surface area contributed by atoms with Gasteiger partial charge in [-0.1, -0.05) is 24.3 Å². The van der Waals surface area contributed by atoms with Gasteiger partial charge in [-0.3, -0.25) is 0 Å². The van der Waals surface area contributed by atoms with Crippen LogP contribution < -0.4 is 0 Å². The molecule has 0 spiro atoms. The summed E-state index contributed by atoms with van der Waals surface area (Å²) in [6, 6.07) is 5.23. The minimum atomic E-state index is -4.42. The van der Waals surface area contributed by atoms with Gasteiger partial charge in [0.25, 0.3) is 0 Å². The quantitative estimate of drug-likeness (QED) is 0.785. The van der Waals surface area contributed by atoms with Crippen molar-refractivity contribution >= 4 is 0 Å². The van der Waals surface area contributed by atoms with Crippen molar-refractivity contribution in [2.75, 3.05) is 0 Å². The first-order valence-electron chi connectivity index (χ1n) is 6.03. The molecular formula is C14H15F3O. The lowest BCUT2D eigenvalue weighted by molar-refractivity contribution is -0.139. The number of halogens is 3. The SMILES string of the molecule is OC(C1=CCCCC1)c1ccccc1C(F)(F)F. The van der Waals surface area contributed by atoms with E-state index in [4.69, 9.17) is 0 Å². The summed E-state index contributed by atoms with van der Waals surface area (Å²) >= 11 is 0. The number of hydrogen-bond acceptors (Lipinski definition) is 1. The van der Waals surface area contributed by atoms with Crippen LogP contribution in [-0.4, -0.2) is 5.11 Å². The molecule has 1 aromatic carbocycles.